The highest BCUT2D eigenvalue weighted by molar-refractivity contribution is 6.30. The number of piperazine rings is 1. The van der Waals surface area contributed by atoms with E-state index >= 15 is 0 Å². The lowest BCUT2D eigenvalue weighted by molar-refractivity contribution is 0.0662. The molecule has 0 amide bonds. The molecular weight excluding hydrogens is 414 g/mol. The van der Waals surface area contributed by atoms with Crippen molar-refractivity contribution in [2.45, 2.75) is 6.10 Å². The molecular formula is C19H24Cl3FN2O2. The van der Waals surface area contributed by atoms with Crippen molar-refractivity contribution in [3.63, 3.8) is 0 Å². The number of rotatable bonds is 6. The van der Waals surface area contributed by atoms with Crippen molar-refractivity contribution in [1.29, 1.82) is 0 Å². The maximum absolute atomic E-state index is 13.8. The fraction of sp³-hybridized carbons (Fsp3) is 0.368. The number of hydrogen-bond acceptors (Lipinski definition) is 4. The van der Waals surface area contributed by atoms with Crippen molar-refractivity contribution < 1.29 is 14.2 Å². The van der Waals surface area contributed by atoms with E-state index < -0.39 is 6.10 Å². The highest BCUT2D eigenvalue weighted by Crippen LogP contribution is 2.20. The van der Waals surface area contributed by atoms with Gasteiger partial charge in [0.05, 0.1) is 5.69 Å². The Hall–Kier alpha value is -1.24. The molecule has 1 aliphatic heterocycles. The number of benzene rings is 2. The molecule has 8 heteroatoms. The first kappa shape index (κ1) is 23.8. The van der Waals surface area contributed by atoms with Gasteiger partial charge in [-0.25, -0.2) is 4.39 Å². The molecule has 1 atom stereocenters. The van der Waals surface area contributed by atoms with Crippen LogP contribution in [-0.4, -0.2) is 55.4 Å². The maximum Gasteiger partial charge on any atom is 0.146 e. The summed E-state index contributed by atoms with van der Waals surface area (Å²) in [6.07, 6.45) is -0.573. The molecule has 27 heavy (non-hydrogen) atoms. The minimum Gasteiger partial charge on any atom is -0.491 e. The first-order valence-corrected chi connectivity index (χ1v) is 8.78. The van der Waals surface area contributed by atoms with E-state index in [4.69, 9.17) is 16.3 Å². The molecule has 1 fully saturated rings. The summed E-state index contributed by atoms with van der Waals surface area (Å²) < 4.78 is 19.4. The fourth-order valence-corrected chi connectivity index (χ4v) is 3.08. The third-order valence-electron chi connectivity index (χ3n) is 4.29. The predicted molar refractivity (Wildman–Crippen MR) is 113 cm³/mol. The summed E-state index contributed by atoms with van der Waals surface area (Å²) in [4.78, 5) is 4.22. The quantitative estimate of drug-likeness (QED) is 0.744. The van der Waals surface area contributed by atoms with Crippen molar-refractivity contribution in [1.82, 2.24) is 4.90 Å². The smallest absolute Gasteiger partial charge is 0.146 e. The van der Waals surface area contributed by atoms with Crippen LogP contribution in [0.1, 0.15) is 0 Å². The number of halogens is 4. The van der Waals surface area contributed by atoms with Crippen molar-refractivity contribution in [2.75, 3.05) is 44.2 Å². The van der Waals surface area contributed by atoms with Crippen molar-refractivity contribution >= 4 is 42.1 Å². The predicted octanol–water partition coefficient (Wildman–Crippen LogP) is 3.88. The Kier molecular flexibility index (Phi) is 10.2. The molecule has 1 saturated heterocycles. The SMILES string of the molecule is Cl.Cl.OC(COc1ccc(Cl)cc1)CN1CCN(c2ccccc2F)CC1. The Labute approximate surface area is 176 Å². The molecule has 0 spiro atoms. The Morgan fingerprint density at radius 3 is 2.26 bits per heavy atom. The maximum atomic E-state index is 13.8. The molecule has 0 bridgehead atoms. The minimum absolute atomic E-state index is 0. The summed E-state index contributed by atoms with van der Waals surface area (Å²) in [6, 6.07) is 13.9. The van der Waals surface area contributed by atoms with E-state index in [0.29, 0.717) is 23.0 Å². The normalized spacial score (nSPS) is 15.4. The van der Waals surface area contributed by atoms with Crippen LogP contribution in [-0.2, 0) is 0 Å². The summed E-state index contributed by atoms with van der Waals surface area (Å²) in [5.74, 6) is 0.500. The van der Waals surface area contributed by atoms with Crippen LogP contribution >= 0.6 is 36.4 Å². The van der Waals surface area contributed by atoms with Gasteiger partial charge in [-0.15, -0.1) is 24.8 Å². The van der Waals surface area contributed by atoms with E-state index in [0.717, 1.165) is 26.2 Å². The number of hydrogen-bond donors (Lipinski definition) is 1. The summed E-state index contributed by atoms with van der Waals surface area (Å²) in [5.41, 5.74) is 0.647. The molecule has 2 aromatic carbocycles. The molecule has 0 saturated carbocycles. The largest absolute Gasteiger partial charge is 0.491 e. The Morgan fingerprint density at radius 1 is 1.00 bits per heavy atom. The lowest BCUT2D eigenvalue weighted by Crippen LogP contribution is -2.49. The van der Waals surface area contributed by atoms with E-state index in [1.807, 2.05) is 11.0 Å². The van der Waals surface area contributed by atoms with Gasteiger partial charge in [-0.05, 0) is 36.4 Å². The highest BCUT2D eigenvalue weighted by atomic mass is 35.5. The second-order valence-corrected chi connectivity index (χ2v) is 6.59. The molecule has 1 N–H and O–H groups in total. The molecule has 1 aliphatic rings. The lowest BCUT2D eigenvalue weighted by atomic mass is 10.2. The van der Waals surface area contributed by atoms with Gasteiger partial charge >= 0.3 is 0 Å². The zero-order chi connectivity index (χ0) is 17.6. The zero-order valence-electron chi connectivity index (χ0n) is 14.8. The summed E-state index contributed by atoms with van der Waals surface area (Å²) in [5, 5.41) is 10.8. The molecule has 0 aliphatic carbocycles. The van der Waals surface area contributed by atoms with E-state index in [-0.39, 0.29) is 37.2 Å². The van der Waals surface area contributed by atoms with Crippen LogP contribution in [0.25, 0.3) is 0 Å². The van der Waals surface area contributed by atoms with Gasteiger partial charge in [0, 0.05) is 37.7 Å². The third kappa shape index (κ3) is 7.01. The summed E-state index contributed by atoms with van der Waals surface area (Å²) in [6.45, 7) is 3.82. The fourth-order valence-electron chi connectivity index (χ4n) is 2.95. The molecule has 2 aromatic rings. The van der Waals surface area contributed by atoms with E-state index in [1.165, 1.54) is 6.07 Å². The van der Waals surface area contributed by atoms with Crippen LogP contribution in [0.3, 0.4) is 0 Å². The van der Waals surface area contributed by atoms with Crippen LogP contribution in [0, 0.1) is 5.82 Å². The molecule has 150 valence electrons. The molecule has 3 rings (SSSR count). The van der Waals surface area contributed by atoms with Gasteiger partial charge in [0.1, 0.15) is 24.3 Å². The number of aliphatic hydroxyl groups excluding tert-OH is 1. The number of nitrogens with zero attached hydrogens (tertiary/aromatic N) is 2. The van der Waals surface area contributed by atoms with Gasteiger partial charge in [0.2, 0.25) is 0 Å². The van der Waals surface area contributed by atoms with E-state index in [2.05, 4.69) is 4.90 Å². The summed E-state index contributed by atoms with van der Waals surface area (Å²) >= 11 is 5.83. The number of aliphatic hydroxyl groups is 1. The average Bonchev–Trinajstić information content (AvgIpc) is 2.62. The highest BCUT2D eigenvalue weighted by Gasteiger charge is 2.21. The van der Waals surface area contributed by atoms with E-state index in [9.17, 15) is 9.50 Å². The van der Waals surface area contributed by atoms with Crippen LogP contribution < -0.4 is 9.64 Å². The van der Waals surface area contributed by atoms with Crippen molar-refractivity contribution in [3.05, 3.63) is 59.4 Å². The average molecular weight is 438 g/mol. The minimum atomic E-state index is -0.573. The first-order chi connectivity index (χ1) is 12.1. The van der Waals surface area contributed by atoms with Gasteiger partial charge in [-0.2, -0.15) is 0 Å². The topological polar surface area (TPSA) is 35.9 Å². The van der Waals surface area contributed by atoms with Crippen LogP contribution in [0.5, 0.6) is 5.75 Å². The first-order valence-electron chi connectivity index (χ1n) is 8.40. The van der Waals surface area contributed by atoms with Gasteiger partial charge in [-0.1, -0.05) is 23.7 Å². The van der Waals surface area contributed by atoms with Crippen LogP contribution in [0.15, 0.2) is 48.5 Å². The molecule has 4 nitrogen and oxygen atoms in total. The zero-order valence-corrected chi connectivity index (χ0v) is 17.2. The van der Waals surface area contributed by atoms with Crippen LogP contribution in [0.2, 0.25) is 5.02 Å². The molecule has 1 unspecified atom stereocenters. The van der Waals surface area contributed by atoms with E-state index in [1.54, 1.807) is 36.4 Å². The monoisotopic (exact) mass is 436 g/mol. The number of para-hydroxylation sites is 1. The van der Waals surface area contributed by atoms with Gasteiger partial charge in [-0.3, -0.25) is 4.90 Å². The lowest BCUT2D eigenvalue weighted by Gasteiger charge is -2.36. The molecule has 0 aromatic heterocycles. The van der Waals surface area contributed by atoms with Crippen molar-refractivity contribution in [2.24, 2.45) is 0 Å². The Bertz CT molecular complexity index is 683. The van der Waals surface area contributed by atoms with Gasteiger partial charge in [0.25, 0.3) is 0 Å². The summed E-state index contributed by atoms with van der Waals surface area (Å²) in [7, 11) is 0. The second-order valence-electron chi connectivity index (χ2n) is 6.16. The standard InChI is InChI=1S/C19H22ClFN2O2.2ClH/c20-15-5-7-17(8-6-15)25-14-16(24)13-22-9-11-23(12-10-22)19-4-2-1-3-18(19)21;;/h1-8,16,24H,9-14H2;2*1H. The Balaban J connectivity index is 0.00000182. The van der Waals surface area contributed by atoms with Crippen LogP contribution in [0.4, 0.5) is 10.1 Å². The Morgan fingerprint density at radius 2 is 1.63 bits per heavy atom. The van der Waals surface area contributed by atoms with Gasteiger partial charge in [0.15, 0.2) is 0 Å². The third-order valence-corrected chi connectivity index (χ3v) is 4.54. The second kappa shape index (κ2) is 11.6. The van der Waals surface area contributed by atoms with Gasteiger partial charge < -0.3 is 14.7 Å². The molecule has 0 radical (unpaired) electrons. The number of ether oxygens (including phenoxy) is 1. The van der Waals surface area contributed by atoms with Crippen molar-refractivity contribution in [3.8, 4) is 5.75 Å². The number of β-amino-alcohol motifs (C(OH)–C–C–N with tert-alkyl or cyclic N) is 1. The molecule has 1 heterocycles. The number of anilines is 1.